The second-order valence-electron chi connectivity index (χ2n) is 2.59. The summed E-state index contributed by atoms with van der Waals surface area (Å²) < 4.78 is 4.83. The van der Waals surface area contributed by atoms with Gasteiger partial charge in [0.25, 0.3) is 0 Å². The van der Waals surface area contributed by atoms with E-state index in [1.54, 1.807) is 0 Å². The molecule has 0 radical (unpaired) electrons. The van der Waals surface area contributed by atoms with Gasteiger partial charge in [-0.1, -0.05) is 58.6 Å². The Morgan fingerprint density at radius 2 is 1.71 bits per heavy atom. The third-order valence-corrected chi connectivity index (χ3v) is 1.94. The lowest BCUT2D eigenvalue weighted by atomic mass is 10.1. The Balaban J connectivity index is 0. The van der Waals surface area contributed by atoms with Crippen LogP contribution in [0.2, 0.25) is 0 Å². The summed E-state index contributed by atoms with van der Waals surface area (Å²) in [7, 11) is 0. The summed E-state index contributed by atoms with van der Waals surface area (Å²) >= 11 is 3.74. The molecule has 0 aromatic heterocycles. The van der Waals surface area contributed by atoms with Crippen LogP contribution in [0.25, 0.3) is 12.2 Å². The third kappa shape index (κ3) is 6.90. The van der Waals surface area contributed by atoms with Gasteiger partial charge in [-0.15, -0.1) is 0 Å². The molecule has 96 valence electrons. The summed E-state index contributed by atoms with van der Waals surface area (Å²) in [6, 6.07) is 5.73. The van der Waals surface area contributed by atoms with E-state index in [0.717, 1.165) is 16.9 Å². The molecule has 1 aromatic carbocycles. The summed E-state index contributed by atoms with van der Waals surface area (Å²) in [5, 5.41) is 0. The fourth-order valence-corrected chi connectivity index (χ4v) is 1.23. The van der Waals surface area contributed by atoms with Crippen LogP contribution >= 0.6 is 12.9 Å². The van der Waals surface area contributed by atoms with Gasteiger partial charge in [0.15, 0.2) is 0 Å². The molecule has 0 saturated carbocycles. The molecule has 0 saturated heterocycles. The molecule has 0 aliphatic rings. The van der Waals surface area contributed by atoms with Gasteiger partial charge in [0.2, 0.25) is 0 Å². The molecular formula is C15H24OS. The standard InChI is InChI=1S/C11H12OS.2C2H6/c1-3-5-10-8-11(12-13)7-6-9(10)4-2;2*1-2/h3-8,13H,2H2,1H3;2*1-2H3/b5-3-;;. The molecule has 0 aliphatic heterocycles. The van der Waals surface area contributed by atoms with Crippen molar-refractivity contribution in [3.8, 4) is 5.75 Å². The average molecular weight is 252 g/mol. The molecule has 0 unspecified atom stereocenters. The van der Waals surface area contributed by atoms with Gasteiger partial charge in [0.1, 0.15) is 5.75 Å². The minimum atomic E-state index is 0.738. The molecule has 2 heteroatoms. The summed E-state index contributed by atoms with van der Waals surface area (Å²) in [6.07, 6.45) is 5.80. The Morgan fingerprint density at radius 1 is 1.12 bits per heavy atom. The van der Waals surface area contributed by atoms with Crippen molar-refractivity contribution >= 4 is 25.1 Å². The lowest BCUT2D eigenvalue weighted by Crippen LogP contribution is -1.82. The van der Waals surface area contributed by atoms with Gasteiger partial charge in [0.05, 0.1) is 0 Å². The second-order valence-corrected chi connectivity index (χ2v) is 2.77. The van der Waals surface area contributed by atoms with Gasteiger partial charge in [-0.05, 0) is 30.2 Å². The Labute approximate surface area is 112 Å². The zero-order chi connectivity index (χ0) is 13.7. The van der Waals surface area contributed by atoms with Crippen LogP contribution in [0.5, 0.6) is 5.75 Å². The average Bonchev–Trinajstić information content (AvgIpc) is 2.43. The third-order valence-electron chi connectivity index (χ3n) is 1.73. The quantitative estimate of drug-likeness (QED) is 0.541. The Kier molecular flexibility index (Phi) is 13.8. The van der Waals surface area contributed by atoms with Crippen molar-refractivity contribution in [3.63, 3.8) is 0 Å². The highest BCUT2D eigenvalue weighted by molar-refractivity contribution is 7.75. The minimum absolute atomic E-state index is 0.738. The SMILES string of the molecule is C=Cc1ccc(OS)cc1/C=C\C.CC.CC. The van der Waals surface area contributed by atoms with E-state index in [0.29, 0.717) is 0 Å². The van der Waals surface area contributed by atoms with Crippen molar-refractivity contribution in [2.45, 2.75) is 34.6 Å². The zero-order valence-electron chi connectivity index (χ0n) is 11.5. The number of thiol groups is 1. The van der Waals surface area contributed by atoms with Gasteiger partial charge in [-0.3, -0.25) is 0 Å². The normalized spacial score (nSPS) is 8.59. The molecule has 1 aromatic rings. The minimum Gasteiger partial charge on any atom is -0.429 e. The van der Waals surface area contributed by atoms with E-state index < -0.39 is 0 Å². The lowest BCUT2D eigenvalue weighted by molar-refractivity contribution is 0.658. The molecule has 0 atom stereocenters. The van der Waals surface area contributed by atoms with E-state index in [9.17, 15) is 0 Å². The Bertz CT molecular complexity index is 330. The maximum Gasteiger partial charge on any atom is 0.137 e. The van der Waals surface area contributed by atoms with E-state index in [2.05, 4.69) is 19.5 Å². The molecular weight excluding hydrogens is 228 g/mol. The number of hydrogen-bond acceptors (Lipinski definition) is 2. The summed E-state index contributed by atoms with van der Waals surface area (Å²) in [6.45, 7) is 13.7. The monoisotopic (exact) mass is 252 g/mol. The van der Waals surface area contributed by atoms with E-state index in [4.69, 9.17) is 4.18 Å². The molecule has 0 amide bonds. The first kappa shape index (κ1) is 18.2. The maximum atomic E-state index is 4.83. The highest BCUT2D eigenvalue weighted by Crippen LogP contribution is 2.20. The van der Waals surface area contributed by atoms with Gasteiger partial charge in [-0.2, -0.15) is 0 Å². The highest BCUT2D eigenvalue weighted by atomic mass is 32.1. The van der Waals surface area contributed by atoms with Crippen molar-refractivity contribution in [1.29, 1.82) is 0 Å². The number of allylic oxidation sites excluding steroid dienone is 1. The lowest BCUT2D eigenvalue weighted by Gasteiger charge is -2.03. The Morgan fingerprint density at radius 3 is 2.12 bits per heavy atom. The maximum absolute atomic E-state index is 4.83. The summed E-state index contributed by atoms with van der Waals surface area (Å²) in [5.74, 6) is 0.738. The van der Waals surface area contributed by atoms with Crippen molar-refractivity contribution < 1.29 is 4.18 Å². The van der Waals surface area contributed by atoms with Crippen LogP contribution in [0.1, 0.15) is 45.7 Å². The van der Waals surface area contributed by atoms with Crippen molar-refractivity contribution in [2.75, 3.05) is 0 Å². The number of rotatable bonds is 3. The topological polar surface area (TPSA) is 9.23 Å². The second kappa shape index (κ2) is 12.9. The van der Waals surface area contributed by atoms with Crippen LogP contribution in [0.4, 0.5) is 0 Å². The molecule has 0 fully saturated rings. The van der Waals surface area contributed by atoms with Crippen LogP contribution < -0.4 is 4.18 Å². The fourth-order valence-electron chi connectivity index (χ4n) is 1.12. The van der Waals surface area contributed by atoms with Crippen molar-refractivity contribution in [3.05, 3.63) is 42.0 Å². The van der Waals surface area contributed by atoms with E-state index in [-0.39, 0.29) is 0 Å². The van der Waals surface area contributed by atoms with Gasteiger partial charge >= 0.3 is 0 Å². The number of benzene rings is 1. The molecule has 0 aliphatic carbocycles. The fraction of sp³-hybridized carbons (Fsp3) is 0.333. The van der Waals surface area contributed by atoms with E-state index in [1.807, 2.05) is 71.0 Å². The largest absolute Gasteiger partial charge is 0.429 e. The molecule has 0 bridgehead atoms. The van der Waals surface area contributed by atoms with Gasteiger partial charge in [0, 0.05) is 12.9 Å². The first-order valence-corrected chi connectivity index (χ1v) is 6.39. The van der Waals surface area contributed by atoms with Gasteiger partial charge in [-0.25, -0.2) is 0 Å². The smallest absolute Gasteiger partial charge is 0.137 e. The van der Waals surface area contributed by atoms with Crippen LogP contribution in [0.3, 0.4) is 0 Å². The van der Waals surface area contributed by atoms with Crippen LogP contribution in [-0.4, -0.2) is 0 Å². The first-order chi connectivity index (χ1) is 8.31. The molecule has 17 heavy (non-hydrogen) atoms. The van der Waals surface area contributed by atoms with Crippen LogP contribution in [0, 0.1) is 0 Å². The van der Waals surface area contributed by atoms with Crippen molar-refractivity contribution in [1.82, 2.24) is 0 Å². The summed E-state index contributed by atoms with van der Waals surface area (Å²) in [5.41, 5.74) is 2.18. The highest BCUT2D eigenvalue weighted by Gasteiger charge is 1.97. The Hall–Kier alpha value is -1.15. The predicted octanol–water partition coefficient (Wildman–Crippen LogP) is 5.64. The molecule has 0 N–H and O–H groups in total. The van der Waals surface area contributed by atoms with Gasteiger partial charge < -0.3 is 4.18 Å². The molecule has 1 rings (SSSR count). The van der Waals surface area contributed by atoms with Crippen molar-refractivity contribution in [2.24, 2.45) is 0 Å². The van der Waals surface area contributed by atoms with E-state index >= 15 is 0 Å². The molecule has 0 heterocycles. The summed E-state index contributed by atoms with van der Waals surface area (Å²) in [4.78, 5) is 0. The number of hydrogen-bond donors (Lipinski definition) is 1. The van der Waals surface area contributed by atoms with E-state index in [1.165, 1.54) is 0 Å². The first-order valence-electron chi connectivity index (χ1n) is 6.02. The van der Waals surface area contributed by atoms with Crippen LogP contribution in [-0.2, 0) is 0 Å². The van der Waals surface area contributed by atoms with Crippen LogP contribution in [0.15, 0.2) is 30.9 Å². The predicted molar refractivity (Wildman–Crippen MR) is 83.6 cm³/mol. The molecule has 1 nitrogen and oxygen atoms in total. The zero-order valence-corrected chi connectivity index (χ0v) is 12.4. The molecule has 0 spiro atoms.